The van der Waals surface area contributed by atoms with E-state index in [0.717, 1.165) is 54.8 Å². The lowest BCUT2D eigenvalue weighted by atomic mass is 10.1. The molecule has 1 fully saturated rings. The minimum Gasteiger partial charge on any atom is -0.459 e. The van der Waals surface area contributed by atoms with Crippen molar-refractivity contribution in [3.8, 4) is 0 Å². The summed E-state index contributed by atoms with van der Waals surface area (Å²) in [5.41, 5.74) is 2.09. The van der Waals surface area contributed by atoms with Gasteiger partial charge in [-0.3, -0.25) is 0 Å². The van der Waals surface area contributed by atoms with Gasteiger partial charge in [0.1, 0.15) is 11.3 Å². The van der Waals surface area contributed by atoms with E-state index in [1.165, 1.54) is 0 Å². The zero-order valence-electron chi connectivity index (χ0n) is 12.6. The van der Waals surface area contributed by atoms with Crippen LogP contribution in [0.25, 0.3) is 11.0 Å². The monoisotopic (exact) mass is 289 g/mol. The fourth-order valence-electron chi connectivity index (χ4n) is 2.76. The van der Waals surface area contributed by atoms with E-state index >= 15 is 0 Å². The second-order valence-corrected chi connectivity index (χ2v) is 5.43. The number of para-hydroxylation sites is 1. The Kier molecular flexibility index (Phi) is 4.91. The summed E-state index contributed by atoms with van der Waals surface area (Å²) in [6, 6.07) is 8.14. The second-order valence-electron chi connectivity index (χ2n) is 5.43. The first-order valence-corrected chi connectivity index (χ1v) is 7.78. The first kappa shape index (κ1) is 14.6. The van der Waals surface area contributed by atoms with Gasteiger partial charge in [0.25, 0.3) is 0 Å². The smallest absolute Gasteiger partial charge is 0.134 e. The minimum atomic E-state index is 0.264. The standard InChI is InChI=1S/C17H23NO3/c1-2-18-10-17-15(12-19-11-13-6-5-9-20-13)14-7-3-4-8-16(14)21-17/h3-4,7-8,13,18H,2,5-6,9-12H2,1H3. The van der Waals surface area contributed by atoms with Crippen LogP contribution in [-0.2, 0) is 22.6 Å². The first-order chi connectivity index (χ1) is 10.4. The highest BCUT2D eigenvalue weighted by Crippen LogP contribution is 2.27. The van der Waals surface area contributed by atoms with Crippen molar-refractivity contribution in [2.24, 2.45) is 0 Å². The molecule has 1 N–H and O–H groups in total. The summed E-state index contributed by atoms with van der Waals surface area (Å²) in [6.45, 7) is 5.87. The normalized spacial score (nSPS) is 18.6. The third-order valence-corrected chi connectivity index (χ3v) is 3.89. The summed E-state index contributed by atoms with van der Waals surface area (Å²) in [6.07, 6.45) is 2.52. The van der Waals surface area contributed by atoms with Crippen LogP contribution < -0.4 is 5.32 Å². The quantitative estimate of drug-likeness (QED) is 0.850. The molecule has 1 aliphatic heterocycles. The molecule has 1 atom stereocenters. The van der Waals surface area contributed by atoms with E-state index in [1.807, 2.05) is 18.2 Å². The fraction of sp³-hybridized carbons (Fsp3) is 0.529. The van der Waals surface area contributed by atoms with Gasteiger partial charge in [0.15, 0.2) is 0 Å². The van der Waals surface area contributed by atoms with Gasteiger partial charge in [0.2, 0.25) is 0 Å². The zero-order chi connectivity index (χ0) is 14.5. The van der Waals surface area contributed by atoms with Crippen molar-refractivity contribution in [3.63, 3.8) is 0 Å². The van der Waals surface area contributed by atoms with Gasteiger partial charge < -0.3 is 19.2 Å². The third kappa shape index (κ3) is 3.46. The van der Waals surface area contributed by atoms with Gasteiger partial charge in [0.05, 0.1) is 25.9 Å². The summed E-state index contributed by atoms with van der Waals surface area (Å²) >= 11 is 0. The van der Waals surface area contributed by atoms with Gasteiger partial charge in [-0.2, -0.15) is 0 Å². The van der Waals surface area contributed by atoms with Gasteiger partial charge in [-0.1, -0.05) is 25.1 Å². The van der Waals surface area contributed by atoms with Crippen LogP contribution in [0.4, 0.5) is 0 Å². The molecular weight excluding hydrogens is 266 g/mol. The van der Waals surface area contributed by atoms with E-state index in [2.05, 4.69) is 18.3 Å². The third-order valence-electron chi connectivity index (χ3n) is 3.89. The van der Waals surface area contributed by atoms with Crippen molar-refractivity contribution in [1.82, 2.24) is 5.32 Å². The van der Waals surface area contributed by atoms with Gasteiger partial charge >= 0.3 is 0 Å². The van der Waals surface area contributed by atoms with Crippen LogP contribution in [0.3, 0.4) is 0 Å². The molecule has 0 spiro atoms. The molecule has 3 rings (SSSR count). The molecule has 0 amide bonds. The lowest BCUT2D eigenvalue weighted by Gasteiger charge is -2.10. The molecule has 1 aromatic carbocycles. The number of fused-ring (bicyclic) bond motifs is 1. The molecule has 0 radical (unpaired) electrons. The van der Waals surface area contributed by atoms with E-state index in [-0.39, 0.29) is 6.10 Å². The Morgan fingerprint density at radius 3 is 3.05 bits per heavy atom. The molecule has 1 saturated heterocycles. The number of ether oxygens (including phenoxy) is 2. The van der Waals surface area contributed by atoms with Gasteiger partial charge in [0, 0.05) is 17.6 Å². The molecule has 4 nitrogen and oxygen atoms in total. The van der Waals surface area contributed by atoms with Crippen LogP contribution in [-0.4, -0.2) is 25.9 Å². The molecule has 21 heavy (non-hydrogen) atoms. The Bertz CT molecular complexity index is 572. The average molecular weight is 289 g/mol. The van der Waals surface area contributed by atoms with Crippen molar-refractivity contribution in [1.29, 1.82) is 0 Å². The number of hydrogen-bond donors (Lipinski definition) is 1. The molecule has 1 aromatic heterocycles. The molecule has 114 valence electrons. The number of furan rings is 1. The van der Waals surface area contributed by atoms with E-state index in [1.54, 1.807) is 0 Å². The van der Waals surface area contributed by atoms with Crippen molar-refractivity contribution < 1.29 is 13.9 Å². The van der Waals surface area contributed by atoms with Crippen molar-refractivity contribution in [2.45, 2.75) is 39.0 Å². The average Bonchev–Trinajstić information content (AvgIpc) is 3.13. The van der Waals surface area contributed by atoms with Gasteiger partial charge in [-0.05, 0) is 25.5 Å². The van der Waals surface area contributed by atoms with Gasteiger partial charge in [-0.25, -0.2) is 0 Å². The van der Waals surface area contributed by atoms with Crippen LogP contribution in [0, 0.1) is 0 Å². The van der Waals surface area contributed by atoms with E-state index in [9.17, 15) is 0 Å². The molecule has 4 heteroatoms. The van der Waals surface area contributed by atoms with Crippen LogP contribution in [0.1, 0.15) is 31.1 Å². The number of hydrogen-bond acceptors (Lipinski definition) is 4. The maximum atomic E-state index is 5.95. The van der Waals surface area contributed by atoms with Crippen LogP contribution in [0.15, 0.2) is 28.7 Å². The molecule has 1 unspecified atom stereocenters. The lowest BCUT2D eigenvalue weighted by molar-refractivity contribution is 0.0104. The Morgan fingerprint density at radius 2 is 2.24 bits per heavy atom. The predicted octanol–water partition coefficient (Wildman–Crippen LogP) is 3.24. The van der Waals surface area contributed by atoms with E-state index in [4.69, 9.17) is 13.9 Å². The Balaban J connectivity index is 1.71. The number of nitrogens with one attached hydrogen (secondary N) is 1. The maximum absolute atomic E-state index is 5.95. The second kappa shape index (κ2) is 7.07. The molecule has 1 aliphatic rings. The Hall–Kier alpha value is -1.36. The Morgan fingerprint density at radius 1 is 1.33 bits per heavy atom. The highest BCUT2D eigenvalue weighted by Gasteiger charge is 2.17. The van der Waals surface area contributed by atoms with E-state index < -0.39 is 0 Å². The number of benzene rings is 1. The zero-order valence-corrected chi connectivity index (χ0v) is 12.6. The Labute approximate surface area is 125 Å². The summed E-state index contributed by atoms with van der Waals surface area (Å²) in [4.78, 5) is 0. The molecule has 2 aromatic rings. The lowest BCUT2D eigenvalue weighted by Crippen LogP contribution is -2.15. The SMILES string of the molecule is CCNCc1oc2ccccc2c1COCC1CCCO1. The number of rotatable bonds is 7. The molecular formula is C17H23NO3. The highest BCUT2D eigenvalue weighted by atomic mass is 16.5. The van der Waals surface area contributed by atoms with Crippen LogP contribution in [0.2, 0.25) is 0 Å². The van der Waals surface area contributed by atoms with Crippen molar-refractivity contribution in [2.75, 3.05) is 19.8 Å². The highest BCUT2D eigenvalue weighted by molar-refractivity contribution is 5.82. The summed E-state index contributed by atoms with van der Waals surface area (Å²) < 4.78 is 17.4. The fourth-order valence-corrected chi connectivity index (χ4v) is 2.76. The predicted molar refractivity (Wildman–Crippen MR) is 82.2 cm³/mol. The maximum Gasteiger partial charge on any atom is 0.134 e. The molecule has 0 saturated carbocycles. The minimum absolute atomic E-state index is 0.264. The van der Waals surface area contributed by atoms with Gasteiger partial charge in [-0.15, -0.1) is 0 Å². The summed E-state index contributed by atoms with van der Waals surface area (Å²) in [5, 5.41) is 4.47. The van der Waals surface area contributed by atoms with E-state index in [0.29, 0.717) is 13.2 Å². The first-order valence-electron chi connectivity index (χ1n) is 7.78. The summed E-state index contributed by atoms with van der Waals surface area (Å²) in [7, 11) is 0. The molecule has 0 bridgehead atoms. The molecule has 0 aliphatic carbocycles. The van der Waals surface area contributed by atoms with Crippen molar-refractivity contribution in [3.05, 3.63) is 35.6 Å². The topological polar surface area (TPSA) is 43.6 Å². The van der Waals surface area contributed by atoms with Crippen LogP contribution >= 0.6 is 0 Å². The largest absolute Gasteiger partial charge is 0.459 e. The van der Waals surface area contributed by atoms with Crippen LogP contribution in [0.5, 0.6) is 0 Å². The summed E-state index contributed by atoms with van der Waals surface area (Å²) in [5.74, 6) is 0.977. The molecule has 2 heterocycles. The van der Waals surface area contributed by atoms with Crippen molar-refractivity contribution >= 4 is 11.0 Å².